The van der Waals surface area contributed by atoms with Gasteiger partial charge in [-0.1, -0.05) is 18.1 Å². The summed E-state index contributed by atoms with van der Waals surface area (Å²) < 4.78 is 13.0. The zero-order chi connectivity index (χ0) is 13.0. The smallest absolute Gasteiger partial charge is 0.227 e. The molecule has 1 saturated carbocycles. The van der Waals surface area contributed by atoms with Crippen molar-refractivity contribution in [3.8, 4) is 12.3 Å². The number of hydrogen-bond acceptors (Lipinski definition) is 1. The Balaban J connectivity index is 1.97. The third kappa shape index (κ3) is 3.59. The SMILES string of the molecule is C#CCN(CC1CC1)C(=O)Cc1cccc(F)c1. The zero-order valence-electron chi connectivity index (χ0n) is 10.2. The number of rotatable bonds is 5. The second kappa shape index (κ2) is 5.68. The van der Waals surface area contributed by atoms with Crippen molar-refractivity contribution in [1.29, 1.82) is 0 Å². The fourth-order valence-corrected chi connectivity index (χ4v) is 1.91. The largest absolute Gasteiger partial charge is 0.331 e. The van der Waals surface area contributed by atoms with E-state index < -0.39 is 0 Å². The minimum absolute atomic E-state index is 0.0227. The van der Waals surface area contributed by atoms with Crippen LogP contribution >= 0.6 is 0 Å². The molecule has 0 aliphatic heterocycles. The van der Waals surface area contributed by atoms with Gasteiger partial charge in [-0.15, -0.1) is 6.42 Å². The van der Waals surface area contributed by atoms with Crippen LogP contribution in [-0.2, 0) is 11.2 Å². The maximum atomic E-state index is 13.0. The van der Waals surface area contributed by atoms with Crippen molar-refractivity contribution in [3.63, 3.8) is 0 Å². The van der Waals surface area contributed by atoms with Crippen LogP contribution < -0.4 is 0 Å². The van der Waals surface area contributed by atoms with Gasteiger partial charge in [-0.05, 0) is 36.5 Å². The van der Waals surface area contributed by atoms with E-state index in [4.69, 9.17) is 6.42 Å². The van der Waals surface area contributed by atoms with E-state index in [0.717, 1.165) is 6.54 Å². The average molecular weight is 245 g/mol. The highest BCUT2D eigenvalue weighted by Gasteiger charge is 2.26. The highest BCUT2D eigenvalue weighted by atomic mass is 19.1. The van der Waals surface area contributed by atoms with E-state index in [1.54, 1.807) is 17.0 Å². The van der Waals surface area contributed by atoms with Crippen LogP contribution in [0.2, 0.25) is 0 Å². The lowest BCUT2D eigenvalue weighted by Gasteiger charge is -2.20. The standard InChI is InChI=1S/C15H16FNO/c1-2-8-17(11-12-6-7-12)15(18)10-13-4-3-5-14(16)9-13/h1,3-5,9,12H,6-8,10-11H2. The van der Waals surface area contributed by atoms with Crippen LogP contribution in [0.5, 0.6) is 0 Å². The first-order valence-corrected chi connectivity index (χ1v) is 6.14. The Morgan fingerprint density at radius 3 is 2.89 bits per heavy atom. The van der Waals surface area contributed by atoms with Gasteiger partial charge in [-0.2, -0.15) is 0 Å². The van der Waals surface area contributed by atoms with Crippen LogP contribution in [0.3, 0.4) is 0 Å². The molecule has 0 bridgehead atoms. The molecule has 0 radical (unpaired) electrons. The number of carbonyl (C=O) groups is 1. The average Bonchev–Trinajstić information content (AvgIpc) is 3.12. The summed E-state index contributed by atoms with van der Waals surface area (Å²) in [6, 6.07) is 6.14. The lowest BCUT2D eigenvalue weighted by atomic mass is 10.1. The normalized spacial score (nSPS) is 14.0. The van der Waals surface area contributed by atoms with Gasteiger partial charge in [0, 0.05) is 6.54 Å². The molecule has 0 spiro atoms. The second-order valence-electron chi connectivity index (χ2n) is 4.73. The zero-order valence-corrected chi connectivity index (χ0v) is 10.2. The second-order valence-corrected chi connectivity index (χ2v) is 4.73. The molecule has 0 unspecified atom stereocenters. The number of terminal acetylenes is 1. The predicted octanol–water partition coefficient (Wildman–Crippen LogP) is 2.24. The Kier molecular flexibility index (Phi) is 3.99. The van der Waals surface area contributed by atoms with Crippen LogP contribution in [0.25, 0.3) is 0 Å². The van der Waals surface area contributed by atoms with Crippen LogP contribution in [0.4, 0.5) is 4.39 Å². The Labute approximate surface area is 107 Å². The van der Waals surface area contributed by atoms with Crippen molar-refractivity contribution in [2.24, 2.45) is 5.92 Å². The summed E-state index contributed by atoms with van der Waals surface area (Å²) >= 11 is 0. The minimum atomic E-state index is -0.314. The van der Waals surface area contributed by atoms with Crippen molar-refractivity contribution < 1.29 is 9.18 Å². The monoisotopic (exact) mass is 245 g/mol. The Bertz CT molecular complexity index is 474. The molecule has 1 aromatic carbocycles. The Hall–Kier alpha value is -1.82. The maximum Gasteiger partial charge on any atom is 0.227 e. The maximum absolute atomic E-state index is 13.0. The summed E-state index contributed by atoms with van der Waals surface area (Å²) in [6.45, 7) is 1.07. The Morgan fingerprint density at radius 1 is 1.50 bits per heavy atom. The number of nitrogens with zero attached hydrogens (tertiary/aromatic N) is 1. The van der Waals surface area contributed by atoms with E-state index in [9.17, 15) is 9.18 Å². The summed E-state index contributed by atoms with van der Waals surface area (Å²) in [5.41, 5.74) is 0.692. The van der Waals surface area contributed by atoms with Gasteiger partial charge in [0.1, 0.15) is 5.82 Å². The van der Waals surface area contributed by atoms with Gasteiger partial charge in [0.2, 0.25) is 5.91 Å². The van der Waals surface area contributed by atoms with Crippen LogP contribution in [0.1, 0.15) is 18.4 Å². The van der Waals surface area contributed by atoms with Gasteiger partial charge >= 0.3 is 0 Å². The quantitative estimate of drug-likeness (QED) is 0.728. The molecule has 1 aromatic rings. The number of halogens is 1. The molecule has 0 aromatic heterocycles. The summed E-state index contributed by atoms with van der Waals surface area (Å²) in [7, 11) is 0. The molecule has 3 heteroatoms. The van der Waals surface area contributed by atoms with Crippen LogP contribution in [0.15, 0.2) is 24.3 Å². The summed E-state index contributed by atoms with van der Waals surface area (Å²) in [4.78, 5) is 13.8. The highest BCUT2D eigenvalue weighted by molar-refractivity contribution is 5.79. The molecule has 1 aliphatic carbocycles. The number of hydrogen-bond donors (Lipinski definition) is 0. The molecule has 2 rings (SSSR count). The molecule has 18 heavy (non-hydrogen) atoms. The lowest BCUT2D eigenvalue weighted by Crippen LogP contribution is -2.34. The van der Waals surface area contributed by atoms with Crippen LogP contribution in [-0.4, -0.2) is 23.9 Å². The van der Waals surface area contributed by atoms with Crippen molar-refractivity contribution in [3.05, 3.63) is 35.6 Å². The van der Waals surface area contributed by atoms with Gasteiger partial charge in [0.15, 0.2) is 0 Å². The first kappa shape index (κ1) is 12.6. The summed E-state index contributed by atoms with van der Waals surface area (Å²) in [5, 5.41) is 0. The van der Waals surface area contributed by atoms with Gasteiger partial charge in [-0.25, -0.2) is 4.39 Å². The van der Waals surface area contributed by atoms with Gasteiger partial charge < -0.3 is 4.90 Å². The summed E-state index contributed by atoms with van der Waals surface area (Å²) in [5.74, 6) is 2.78. The lowest BCUT2D eigenvalue weighted by molar-refractivity contribution is -0.130. The van der Waals surface area contributed by atoms with Crippen LogP contribution in [0, 0.1) is 24.1 Å². The molecule has 0 heterocycles. The molecule has 94 valence electrons. The van der Waals surface area contributed by atoms with Crippen molar-refractivity contribution in [2.45, 2.75) is 19.3 Å². The van der Waals surface area contributed by atoms with E-state index in [0.29, 0.717) is 18.0 Å². The first-order valence-electron chi connectivity index (χ1n) is 6.14. The summed E-state index contributed by atoms with van der Waals surface area (Å²) in [6.07, 6.45) is 7.84. The fraction of sp³-hybridized carbons (Fsp3) is 0.400. The van der Waals surface area contributed by atoms with E-state index in [-0.39, 0.29) is 18.1 Å². The molecule has 0 saturated heterocycles. The molecule has 0 atom stereocenters. The third-order valence-corrected chi connectivity index (χ3v) is 3.05. The molecule has 1 fully saturated rings. The molecular formula is C15H16FNO. The fourth-order valence-electron chi connectivity index (χ4n) is 1.91. The highest BCUT2D eigenvalue weighted by Crippen LogP contribution is 2.29. The van der Waals surface area contributed by atoms with E-state index in [1.165, 1.54) is 25.0 Å². The first-order chi connectivity index (χ1) is 8.69. The minimum Gasteiger partial charge on any atom is -0.331 e. The molecule has 0 N–H and O–H groups in total. The Morgan fingerprint density at radius 2 is 2.28 bits per heavy atom. The number of benzene rings is 1. The van der Waals surface area contributed by atoms with E-state index in [2.05, 4.69) is 5.92 Å². The third-order valence-electron chi connectivity index (χ3n) is 3.05. The molecule has 1 amide bonds. The molecule has 1 aliphatic rings. The van der Waals surface area contributed by atoms with E-state index in [1.807, 2.05) is 0 Å². The topological polar surface area (TPSA) is 20.3 Å². The molecular weight excluding hydrogens is 229 g/mol. The number of amides is 1. The van der Waals surface area contributed by atoms with Gasteiger partial charge in [-0.3, -0.25) is 4.79 Å². The van der Waals surface area contributed by atoms with E-state index >= 15 is 0 Å². The van der Waals surface area contributed by atoms with Crippen molar-refractivity contribution >= 4 is 5.91 Å². The molecule has 2 nitrogen and oxygen atoms in total. The van der Waals surface area contributed by atoms with Crippen molar-refractivity contribution in [1.82, 2.24) is 4.90 Å². The van der Waals surface area contributed by atoms with Gasteiger partial charge in [0.05, 0.1) is 13.0 Å². The van der Waals surface area contributed by atoms with Crippen molar-refractivity contribution in [2.75, 3.05) is 13.1 Å². The van der Waals surface area contributed by atoms with Gasteiger partial charge in [0.25, 0.3) is 0 Å². The predicted molar refractivity (Wildman–Crippen MR) is 68.2 cm³/mol. The number of carbonyl (C=O) groups excluding carboxylic acids is 1.